The van der Waals surface area contributed by atoms with Gasteiger partial charge in [0.05, 0.1) is 0 Å². The Balaban J connectivity index is 2.02. The standard InChI is InChI=1S/C12H17N3O/c16-12-14-10(8-4-2-1-3-5-8)9-6-7-13-11(9)15-12/h8H,1-7H2,(H2,13,14,15,16). The van der Waals surface area contributed by atoms with E-state index in [9.17, 15) is 4.79 Å². The fraction of sp³-hybridized carbons (Fsp3) is 0.667. The molecule has 1 aromatic heterocycles. The SMILES string of the molecule is O=c1nc2c(c(C3CCCCC3)[nH]1)CCN2. The van der Waals surface area contributed by atoms with E-state index < -0.39 is 0 Å². The van der Waals surface area contributed by atoms with Gasteiger partial charge in [-0.3, -0.25) is 0 Å². The first kappa shape index (κ1) is 9.87. The minimum Gasteiger partial charge on any atom is -0.369 e. The van der Waals surface area contributed by atoms with Crippen LogP contribution in [0.25, 0.3) is 0 Å². The second-order valence-corrected chi connectivity index (χ2v) is 4.79. The largest absolute Gasteiger partial charge is 0.369 e. The van der Waals surface area contributed by atoms with Gasteiger partial charge in [0.1, 0.15) is 5.82 Å². The lowest BCUT2D eigenvalue weighted by atomic mass is 9.85. The van der Waals surface area contributed by atoms with E-state index in [0.29, 0.717) is 5.92 Å². The molecule has 1 fully saturated rings. The van der Waals surface area contributed by atoms with Crippen LogP contribution in [0.1, 0.15) is 49.3 Å². The van der Waals surface area contributed by atoms with E-state index in [4.69, 9.17) is 0 Å². The van der Waals surface area contributed by atoms with Gasteiger partial charge in [-0.05, 0) is 25.2 Å². The molecule has 1 saturated carbocycles. The van der Waals surface area contributed by atoms with Crippen molar-refractivity contribution in [3.8, 4) is 0 Å². The highest BCUT2D eigenvalue weighted by Gasteiger charge is 2.24. The van der Waals surface area contributed by atoms with E-state index in [2.05, 4.69) is 15.3 Å². The molecule has 2 heterocycles. The number of hydrogen-bond donors (Lipinski definition) is 2. The van der Waals surface area contributed by atoms with Crippen LogP contribution < -0.4 is 11.0 Å². The number of fused-ring (bicyclic) bond motifs is 1. The molecule has 0 aromatic carbocycles. The lowest BCUT2D eigenvalue weighted by molar-refractivity contribution is 0.433. The van der Waals surface area contributed by atoms with Crippen molar-refractivity contribution < 1.29 is 0 Å². The molecule has 0 atom stereocenters. The normalized spacial score (nSPS) is 20.5. The summed E-state index contributed by atoms with van der Waals surface area (Å²) in [6, 6.07) is 0. The van der Waals surface area contributed by atoms with E-state index in [0.717, 1.165) is 18.8 Å². The summed E-state index contributed by atoms with van der Waals surface area (Å²) in [5.74, 6) is 1.38. The van der Waals surface area contributed by atoms with Crippen molar-refractivity contribution in [2.24, 2.45) is 0 Å². The van der Waals surface area contributed by atoms with Crippen molar-refractivity contribution in [2.75, 3.05) is 11.9 Å². The van der Waals surface area contributed by atoms with E-state index in [1.54, 1.807) is 0 Å². The summed E-state index contributed by atoms with van der Waals surface area (Å²) in [4.78, 5) is 18.4. The Hall–Kier alpha value is -1.32. The maximum absolute atomic E-state index is 11.5. The highest BCUT2D eigenvalue weighted by Crippen LogP contribution is 2.35. The highest BCUT2D eigenvalue weighted by molar-refractivity contribution is 5.51. The topological polar surface area (TPSA) is 57.8 Å². The van der Waals surface area contributed by atoms with Crippen LogP contribution in [0.4, 0.5) is 5.82 Å². The number of anilines is 1. The molecule has 2 N–H and O–H groups in total. The molecule has 1 aliphatic carbocycles. The quantitative estimate of drug-likeness (QED) is 0.757. The van der Waals surface area contributed by atoms with Crippen LogP contribution in [0.5, 0.6) is 0 Å². The maximum Gasteiger partial charge on any atom is 0.347 e. The number of aromatic amines is 1. The van der Waals surface area contributed by atoms with Crippen molar-refractivity contribution in [1.82, 2.24) is 9.97 Å². The molecule has 0 radical (unpaired) electrons. The zero-order chi connectivity index (χ0) is 11.0. The van der Waals surface area contributed by atoms with E-state index in [-0.39, 0.29) is 5.69 Å². The fourth-order valence-electron chi connectivity index (χ4n) is 2.96. The molecule has 0 spiro atoms. The number of nitrogens with zero attached hydrogens (tertiary/aromatic N) is 1. The summed E-state index contributed by atoms with van der Waals surface area (Å²) in [7, 11) is 0. The number of hydrogen-bond acceptors (Lipinski definition) is 3. The zero-order valence-electron chi connectivity index (χ0n) is 9.38. The summed E-state index contributed by atoms with van der Waals surface area (Å²) < 4.78 is 0. The molecule has 1 aliphatic heterocycles. The van der Waals surface area contributed by atoms with Crippen LogP contribution >= 0.6 is 0 Å². The van der Waals surface area contributed by atoms with E-state index in [1.165, 1.54) is 43.4 Å². The Bertz CT molecular complexity index is 446. The summed E-state index contributed by atoms with van der Waals surface area (Å²) in [5, 5.41) is 3.19. The lowest BCUT2D eigenvalue weighted by Crippen LogP contribution is -2.19. The Labute approximate surface area is 94.5 Å². The molecular weight excluding hydrogens is 202 g/mol. The van der Waals surface area contributed by atoms with Crippen molar-refractivity contribution in [3.05, 3.63) is 21.7 Å². The molecule has 2 aliphatic rings. The Kier molecular flexibility index (Phi) is 2.42. The number of aromatic nitrogens is 2. The molecule has 86 valence electrons. The maximum atomic E-state index is 11.5. The zero-order valence-corrected chi connectivity index (χ0v) is 9.38. The average molecular weight is 219 g/mol. The van der Waals surface area contributed by atoms with E-state index >= 15 is 0 Å². The Morgan fingerprint density at radius 1 is 1.19 bits per heavy atom. The third kappa shape index (κ3) is 1.62. The molecule has 0 unspecified atom stereocenters. The predicted molar refractivity (Wildman–Crippen MR) is 62.9 cm³/mol. The monoisotopic (exact) mass is 219 g/mol. The van der Waals surface area contributed by atoms with Crippen LogP contribution in [-0.2, 0) is 6.42 Å². The molecule has 0 amide bonds. The predicted octanol–water partition coefficient (Wildman–Crippen LogP) is 1.79. The number of nitrogens with one attached hydrogen (secondary N) is 2. The first-order valence-electron chi connectivity index (χ1n) is 6.21. The molecule has 4 heteroatoms. The van der Waals surface area contributed by atoms with Gasteiger partial charge in [-0.15, -0.1) is 0 Å². The minimum atomic E-state index is -0.200. The second-order valence-electron chi connectivity index (χ2n) is 4.79. The third-order valence-corrected chi connectivity index (χ3v) is 3.75. The first-order chi connectivity index (χ1) is 7.84. The number of H-pyrrole nitrogens is 1. The van der Waals surface area contributed by atoms with Gasteiger partial charge in [0, 0.05) is 17.8 Å². The first-order valence-corrected chi connectivity index (χ1v) is 6.21. The molecular formula is C12H17N3O. The van der Waals surface area contributed by atoms with Crippen LogP contribution in [0, 0.1) is 0 Å². The van der Waals surface area contributed by atoms with Gasteiger partial charge >= 0.3 is 5.69 Å². The van der Waals surface area contributed by atoms with Gasteiger partial charge < -0.3 is 10.3 Å². The lowest BCUT2D eigenvalue weighted by Gasteiger charge is -2.23. The third-order valence-electron chi connectivity index (χ3n) is 3.75. The highest BCUT2D eigenvalue weighted by atomic mass is 16.1. The Morgan fingerprint density at radius 2 is 2.00 bits per heavy atom. The van der Waals surface area contributed by atoms with Crippen molar-refractivity contribution in [3.63, 3.8) is 0 Å². The number of rotatable bonds is 1. The average Bonchev–Trinajstić information content (AvgIpc) is 2.77. The van der Waals surface area contributed by atoms with Crippen molar-refractivity contribution in [2.45, 2.75) is 44.4 Å². The molecule has 3 rings (SSSR count). The van der Waals surface area contributed by atoms with Crippen LogP contribution in [-0.4, -0.2) is 16.5 Å². The van der Waals surface area contributed by atoms with Crippen LogP contribution in [0.2, 0.25) is 0 Å². The van der Waals surface area contributed by atoms with E-state index in [1.807, 2.05) is 0 Å². The van der Waals surface area contributed by atoms with Gasteiger partial charge in [0.25, 0.3) is 0 Å². The van der Waals surface area contributed by atoms with Gasteiger partial charge in [-0.25, -0.2) is 4.79 Å². The van der Waals surface area contributed by atoms with Gasteiger partial charge in [-0.1, -0.05) is 19.3 Å². The summed E-state index contributed by atoms with van der Waals surface area (Å²) in [6.07, 6.45) is 7.35. The molecule has 0 saturated heterocycles. The summed E-state index contributed by atoms with van der Waals surface area (Å²) in [5.41, 5.74) is 2.22. The van der Waals surface area contributed by atoms with Gasteiger partial charge in [-0.2, -0.15) is 4.98 Å². The Morgan fingerprint density at radius 3 is 2.81 bits per heavy atom. The fourth-order valence-corrected chi connectivity index (χ4v) is 2.96. The minimum absolute atomic E-state index is 0.200. The van der Waals surface area contributed by atoms with Crippen LogP contribution in [0.3, 0.4) is 0 Å². The smallest absolute Gasteiger partial charge is 0.347 e. The van der Waals surface area contributed by atoms with Gasteiger partial charge in [0.15, 0.2) is 0 Å². The van der Waals surface area contributed by atoms with Gasteiger partial charge in [0.2, 0.25) is 0 Å². The van der Waals surface area contributed by atoms with Crippen LogP contribution in [0.15, 0.2) is 4.79 Å². The van der Waals surface area contributed by atoms with Crippen molar-refractivity contribution >= 4 is 5.82 Å². The molecule has 4 nitrogen and oxygen atoms in total. The molecule has 16 heavy (non-hydrogen) atoms. The summed E-state index contributed by atoms with van der Waals surface area (Å²) >= 11 is 0. The summed E-state index contributed by atoms with van der Waals surface area (Å²) in [6.45, 7) is 0.916. The van der Waals surface area contributed by atoms with Crippen molar-refractivity contribution in [1.29, 1.82) is 0 Å². The molecule has 0 bridgehead atoms. The molecule has 1 aromatic rings. The second kappa shape index (κ2) is 3.92.